The van der Waals surface area contributed by atoms with Crippen LogP contribution in [0.5, 0.6) is 0 Å². The van der Waals surface area contributed by atoms with E-state index in [1.54, 1.807) is 11.1 Å². The van der Waals surface area contributed by atoms with E-state index in [-0.39, 0.29) is 11.5 Å². The molecule has 5 heteroatoms. The largest absolute Gasteiger partial charge is 0.443 e. The Bertz CT molecular complexity index is 795. The molecule has 1 aliphatic heterocycles. The van der Waals surface area contributed by atoms with Crippen LogP contribution in [0.3, 0.4) is 0 Å². The van der Waals surface area contributed by atoms with Gasteiger partial charge >= 0.3 is 6.09 Å². The molecule has 1 amide bonds. The Hall–Kier alpha value is -2.43. The van der Waals surface area contributed by atoms with Crippen LogP contribution in [-0.2, 0) is 23.0 Å². The lowest BCUT2D eigenvalue weighted by molar-refractivity contribution is 0.0579. The monoisotopic (exact) mass is 353 g/mol. The van der Waals surface area contributed by atoms with Gasteiger partial charge in [-0.2, -0.15) is 10.2 Å². The van der Waals surface area contributed by atoms with E-state index in [9.17, 15) is 4.79 Å². The van der Waals surface area contributed by atoms with Crippen LogP contribution in [0.2, 0.25) is 0 Å². The lowest BCUT2D eigenvalue weighted by Gasteiger charge is -2.25. The van der Waals surface area contributed by atoms with Gasteiger partial charge in [-0.25, -0.2) is 4.79 Å². The minimum Gasteiger partial charge on any atom is -0.443 e. The number of aryl methyl sites for hydroxylation is 2. The van der Waals surface area contributed by atoms with Crippen molar-refractivity contribution in [1.29, 1.82) is 0 Å². The molecule has 0 atom stereocenters. The number of benzene rings is 1. The van der Waals surface area contributed by atoms with Gasteiger partial charge < -0.3 is 4.74 Å². The van der Waals surface area contributed by atoms with Gasteiger partial charge in [0.15, 0.2) is 0 Å². The molecule has 0 unspecified atom stereocenters. The Balaban J connectivity index is 1.80. The molecule has 138 valence electrons. The molecule has 0 spiro atoms. The maximum Gasteiger partial charge on any atom is 0.414 e. The average Bonchev–Trinajstić information content (AvgIpc) is 2.84. The van der Waals surface area contributed by atoms with E-state index in [4.69, 9.17) is 4.74 Å². The Morgan fingerprint density at radius 2 is 1.88 bits per heavy atom. The van der Waals surface area contributed by atoms with Crippen molar-refractivity contribution in [3.8, 4) is 0 Å². The van der Waals surface area contributed by atoms with Crippen LogP contribution in [0.15, 0.2) is 36.7 Å². The third-order valence-electron chi connectivity index (χ3n) is 4.60. The van der Waals surface area contributed by atoms with Gasteiger partial charge in [-0.15, -0.1) is 0 Å². The number of ether oxygens (including phenoxy) is 1. The fourth-order valence-corrected chi connectivity index (χ4v) is 3.32. The van der Waals surface area contributed by atoms with Crippen LogP contribution >= 0.6 is 0 Å². The number of fused-ring (bicyclic) bond motifs is 1. The van der Waals surface area contributed by atoms with Crippen LogP contribution in [-0.4, -0.2) is 28.4 Å². The summed E-state index contributed by atoms with van der Waals surface area (Å²) < 4.78 is 5.58. The van der Waals surface area contributed by atoms with Crippen LogP contribution < -0.4 is 4.90 Å². The molecule has 0 bridgehead atoms. The number of anilines is 1. The predicted molar refractivity (Wildman–Crippen MR) is 102 cm³/mol. The standard InChI is InChI=1S/C21H27N3O2/c1-20(2,3)26-19(25)24-14-21(4,5)17-12-15(8-9-18(17)24)6-7-16-10-11-22-23-13-16/h8-13H,6-7,14H2,1-5H3. The number of hydrogen-bond acceptors (Lipinski definition) is 4. The Kier molecular flexibility index (Phi) is 4.74. The fourth-order valence-electron chi connectivity index (χ4n) is 3.32. The molecule has 3 rings (SSSR count). The third kappa shape index (κ3) is 4.03. The zero-order valence-electron chi connectivity index (χ0n) is 16.2. The third-order valence-corrected chi connectivity index (χ3v) is 4.60. The van der Waals surface area contributed by atoms with Crippen LogP contribution in [0.4, 0.5) is 10.5 Å². The summed E-state index contributed by atoms with van der Waals surface area (Å²) in [5.74, 6) is 0. The molecule has 0 aliphatic carbocycles. The molecule has 1 aromatic heterocycles. The molecule has 1 aromatic carbocycles. The zero-order chi connectivity index (χ0) is 18.9. The zero-order valence-corrected chi connectivity index (χ0v) is 16.2. The maximum atomic E-state index is 12.6. The summed E-state index contributed by atoms with van der Waals surface area (Å²) in [5, 5.41) is 7.75. The molecule has 0 fully saturated rings. The quantitative estimate of drug-likeness (QED) is 0.826. The van der Waals surface area contributed by atoms with Gasteiger partial charge in [0.25, 0.3) is 0 Å². The molecular weight excluding hydrogens is 326 g/mol. The minimum absolute atomic E-state index is 0.0968. The first-order valence-electron chi connectivity index (χ1n) is 9.05. The molecule has 1 aliphatic rings. The van der Waals surface area contributed by atoms with E-state index in [2.05, 4.69) is 36.2 Å². The minimum atomic E-state index is -0.498. The summed E-state index contributed by atoms with van der Waals surface area (Å²) in [6, 6.07) is 8.38. The number of rotatable bonds is 3. The topological polar surface area (TPSA) is 55.3 Å². The van der Waals surface area contributed by atoms with Gasteiger partial charge in [0, 0.05) is 18.2 Å². The lowest BCUT2D eigenvalue weighted by Crippen LogP contribution is -2.38. The number of hydrogen-bond donors (Lipinski definition) is 0. The SMILES string of the molecule is CC(C)(C)OC(=O)N1CC(C)(C)c2cc(CCc3ccnnc3)ccc21. The molecule has 2 heterocycles. The van der Waals surface area contributed by atoms with Gasteiger partial charge in [0.2, 0.25) is 0 Å². The summed E-state index contributed by atoms with van der Waals surface area (Å²) in [4.78, 5) is 14.4. The first-order valence-corrected chi connectivity index (χ1v) is 9.05. The highest BCUT2D eigenvalue weighted by atomic mass is 16.6. The first kappa shape index (κ1) is 18.4. The number of carbonyl (C=O) groups is 1. The second kappa shape index (κ2) is 6.71. The summed E-state index contributed by atoms with van der Waals surface area (Å²) in [7, 11) is 0. The number of nitrogens with zero attached hydrogens (tertiary/aromatic N) is 3. The van der Waals surface area contributed by atoms with E-state index in [0.29, 0.717) is 6.54 Å². The maximum absolute atomic E-state index is 12.6. The van der Waals surface area contributed by atoms with Crippen molar-refractivity contribution < 1.29 is 9.53 Å². The second-order valence-corrected chi connectivity index (χ2v) is 8.55. The van der Waals surface area contributed by atoms with Crippen LogP contribution in [0.1, 0.15) is 51.3 Å². The average molecular weight is 353 g/mol. The van der Waals surface area contributed by atoms with E-state index in [1.807, 2.05) is 39.1 Å². The van der Waals surface area contributed by atoms with Crippen molar-refractivity contribution >= 4 is 11.8 Å². The van der Waals surface area contributed by atoms with E-state index >= 15 is 0 Å². The van der Waals surface area contributed by atoms with Crippen molar-refractivity contribution in [3.05, 3.63) is 53.3 Å². The number of aromatic nitrogens is 2. The van der Waals surface area contributed by atoms with Crippen molar-refractivity contribution in [3.63, 3.8) is 0 Å². The molecule has 0 radical (unpaired) electrons. The van der Waals surface area contributed by atoms with Crippen LogP contribution in [0, 0.1) is 0 Å². The molecular formula is C21H27N3O2. The van der Waals surface area contributed by atoms with Crippen molar-refractivity contribution in [2.24, 2.45) is 0 Å². The van der Waals surface area contributed by atoms with Gasteiger partial charge in [-0.05, 0) is 62.4 Å². The second-order valence-electron chi connectivity index (χ2n) is 8.55. The van der Waals surface area contributed by atoms with Crippen molar-refractivity contribution in [1.82, 2.24) is 10.2 Å². The summed E-state index contributed by atoms with van der Waals surface area (Å²) in [6.07, 6.45) is 5.10. The smallest absolute Gasteiger partial charge is 0.414 e. The summed E-state index contributed by atoms with van der Waals surface area (Å²) >= 11 is 0. The summed E-state index contributed by atoms with van der Waals surface area (Å²) in [5.41, 5.74) is 4.00. The van der Waals surface area contributed by atoms with Crippen molar-refractivity contribution in [2.45, 2.75) is 58.5 Å². The molecule has 0 N–H and O–H groups in total. The number of amides is 1. The van der Waals surface area contributed by atoms with E-state index in [0.717, 1.165) is 18.5 Å². The van der Waals surface area contributed by atoms with Gasteiger partial charge in [-0.3, -0.25) is 4.90 Å². The molecule has 0 saturated heterocycles. The predicted octanol–water partition coefficient (Wildman–Crippen LogP) is 4.29. The van der Waals surface area contributed by atoms with Gasteiger partial charge in [0.05, 0.1) is 11.9 Å². The van der Waals surface area contributed by atoms with Gasteiger partial charge in [0.1, 0.15) is 5.60 Å². The Labute approximate surface area is 155 Å². The fraction of sp³-hybridized carbons (Fsp3) is 0.476. The molecule has 5 nitrogen and oxygen atoms in total. The molecule has 2 aromatic rings. The van der Waals surface area contributed by atoms with E-state index in [1.165, 1.54) is 16.7 Å². The molecule has 26 heavy (non-hydrogen) atoms. The lowest BCUT2D eigenvalue weighted by atomic mass is 9.85. The van der Waals surface area contributed by atoms with Gasteiger partial charge in [-0.1, -0.05) is 26.0 Å². The van der Waals surface area contributed by atoms with Crippen molar-refractivity contribution in [2.75, 3.05) is 11.4 Å². The Morgan fingerprint density at radius 3 is 2.54 bits per heavy atom. The summed E-state index contributed by atoms with van der Waals surface area (Å²) in [6.45, 7) is 10.7. The first-order chi connectivity index (χ1) is 12.2. The highest BCUT2D eigenvalue weighted by molar-refractivity contribution is 5.91. The normalized spacial score (nSPS) is 15.7. The highest BCUT2D eigenvalue weighted by Gasteiger charge is 2.39. The number of carbonyl (C=O) groups excluding carboxylic acids is 1. The molecule has 0 saturated carbocycles. The highest BCUT2D eigenvalue weighted by Crippen LogP contribution is 2.41. The van der Waals surface area contributed by atoms with Crippen LogP contribution in [0.25, 0.3) is 0 Å². The van der Waals surface area contributed by atoms with E-state index < -0.39 is 5.60 Å². The Morgan fingerprint density at radius 1 is 1.15 bits per heavy atom.